The number of hydrogen-bond donors (Lipinski definition) is 0. The summed E-state index contributed by atoms with van der Waals surface area (Å²) in [7, 11) is 0. The minimum atomic E-state index is -1.42. The zero-order chi connectivity index (χ0) is 18.8. The van der Waals surface area contributed by atoms with Gasteiger partial charge in [0.1, 0.15) is 0 Å². The first kappa shape index (κ1) is 13.4. The quantitative estimate of drug-likeness (QED) is 0.737. The highest BCUT2D eigenvalue weighted by atomic mass is 15.5. The summed E-state index contributed by atoms with van der Waals surface area (Å²) in [5.74, 6) is 0.529. The molecule has 130 valence electrons. The van der Waals surface area contributed by atoms with Crippen LogP contribution in [0, 0.1) is 12.8 Å². The Morgan fingerprint density at radius 3 is 2.52 bits per heavy atom. The second-order valence-corrected chi connectivity index (χ2v) is 7.94. The fourth-order valence-electron chi connectivity index (χ4n) is 5.39. The van der Waals surface area contributed by atoms with Crippen LogP contribution in [0.5, 0.6) is 0 Å². The molecule has 2 nitrogen and oxygen atoms in total. The molecule has 2 aromatic carbocycles. The highest BCUT2D eigenvalue weighted by Gasteiger charge is 2.52. The van der Waals surface area contributed by atoms with E-state index in [1.54, 1.807) is 0 Å². The molecule has 2 unspecified atom stereocenters. The van der Waals surface area contributed by atoms with E-state index in [4.69, 9.17) is 2.74 Å². The molecule has 2 aliphatic heterocycles. The maximum atomic E-state index is 9.05. The second-order valence-electron chi connectivity index (χ2n) is 7.94. The molecule has 5 rings (SSSR count). The smallest absolute Gasteiger partial charge is 0.0861 e. The van der Waals surface area contributed by atoms with E-state index in [0.717, 1.165) is 5.56 Å². The van der Waals surface area contributed by atoms with Gasteiger partial charge in [0.25, 0.3) is 0 Å². The van der Waals surface area contributed by atoms with Crippen molar-refractivity contribution in [3.63, 3.8) is 0 Å². The van der Waals surface area contributed by atoms with Crippen LogP contribution >= 0.6 is 0 Å². The molecule has 25 heavy (non-hydrogen) atoms. The van der Waals surface area contributed by atoms with Gasteiger partial charge in [-0.25, -0.2) is 0 Å². The molecule has 0 radical (unpaired) electrons. The summed E-state index contributed by atoms with van der Waals surface area (Å²) in [5, 5.41) is 0. The van der Waals surface area contributed by atoms with Gasteiger partial charge in [-0.05, 0) is 55.4 Å². The van der Waals surface area contributed by atoms with E-state index >= 15 is 0 Å². The molecule has 2 aromatic rings. The van der Waals surface area contributed by atoms with E-state index in [1.807, 2.05) is 12.1 Å². The lowest BCUT2D eigenvalue weighted by Crippen LogP contribution is -2.44. The number of anilines is 1. The molecular formula is C23H28N2. The van der Waals surface area contributed by atoms with E-state index in [-0.39, 0.29) is 18.2 Å². The Balaban J connectivity index is 1.69. The molecular weight excluding hydrogens is 304 g/mol. The van der Waals surface area contributed by atoms with E-state index in [2.05, 4.69) is 60.0 Å². The Hall–Kier alpha value is -1.80. The van der Waals surface area contributed by atoms with Crippen molar-refractivity contribution in [2.24, 2.45) is 5.92 Å². The zero-order valence-corrected chi connectivity index (χ0v) is 15.2. The maximum Gasteiger partial charge on any atom is 0.0861 e. The lowest BCUT2D eigenvalue weighted by molar-refractivity contribution is 0.156. The van der Waals surface area contributed by atoms with Gasteiger partial charge in [-0.2, -0.15) is 0 Å². The topological polar surface area (TPSA) is 6.48 Å². The Morgan fingerprint density at radius 1 is 1.00 bits per heavy atom. The van der Waals surface area contributed by atoms with Crippen LogP contribution in [0.2, 0.25) is 0 Å². The third-order valence-corrected chi connectivity index (χ3v) is 6.51. The van der Waals surface area contributed by atoms with Gasteiger partial charge in [-0.15, -0.1) is 0 Å². The highest BCUT2D eigenvalue weighted by Crippen LogP contribution is 2.51. The predicted octanol–water partition coefficient (Wildman–Crippen LogP) is 5.28. The molecule has 0 bridgehead atoms. The average molecular weight is 335 g/mol. The minimum absolute atomic E-state index is 0.112. The number of para-hydroxylation sites is 1. The van der Waals surface area contributed by atoms with E-state index in [1.165, 1.54) is 42.5 Å². The lowest BCUT2D eigenvalue weighted by Gasteiger charge is -2.37. The van der Waals surface area contributed by atoms with Crippen molar-refractivity contribution in [2.45, 2.75) is 64.3 Å². The first-order valence-corrected chi connectivity index (χ1v) is 9.73. The molecule has 0 spiro atoms. The molecule has 3 aliphatic rings. The molecule has 2 heteroatoms. The minimum Gasteiger partial charge on any atom is -0.351 e. The number of hydrogen-bond acceptors (Lipinski definition) is 2. The summed E-state index contributed by atoms with van der Waals surface area (Å²) < 4.78 is 18.1. The van der Waals surface area contributed by atoms with Crippen LogP contribution in [0.15, 0.2) is 48.5 Å². The van der Waals surface area contributed by atoms with Gasteiger partial charge >= 0.3 is 0 Å². The number of rotatable bonds is 2. The summed E-state index contributed by atoms with van der Waals surface area (Å²) in [6.45, 7) is 3.05. The van der Waals surface area contributed by atoms with Crippen LogP contribution in [0.1, 0.15) is 58.1 Å². The van der Waals surface area contributed by atoms with E-state index in [0.29, 0.717) is 5.92 Å². The van der Waals surface area contributed by atoms with Gasteiger partial charge < -0.3 is 4.90 Å². The van der Waals surface area contributed by atoms with Crippen LogP contribution < -0.4 is 4.90 Å². The van der Waals surface area contributed by atoms with Crippen molar-refractivity contribution in [2.75, 3.05) is 4.90 Å². The molecule has 1 aliphatic carbocycles. The normalized spacial score (nSPS) is 32.4. The molecule has 0 amide bonds. The standard InChI is InChI=1S/C23H28N2/c1-16-9-3-8-14-21(16)25-17(2)22-20-13-7-6-12-19(20)15-24(22)23(25)18-10-4-5-11-18/h3,6-9,12-14,17-18,22-23H,4-5,10-11,15H2,1-2H3/t17-,22?,23?/m0/s1/i15D2. The van der Waals surface area contributed by atoms with Crippen molar-refractivity contribution < 1.29 is 2.74 Å². The Bertz CT molecular complexity index is 859. The van der Waals surface area contributed by atoms with E-state index in [9.17, 15) is 0 Å². The van der Waals surface area contributed by atoms with Crippen LogP contribution in [0.3, 0.4) is 0 Å². The summed E-state index contributed by atoms with van der Waals surface area (Å²) in [5.41, 5.74) is 4.59. The summed E-state index contributed by atoms with van der Waals surface area (Å²) in [4.78, 5) is 4.76. The first-order valence-electron chi connectivity index (χ1n) is 10.7. The highest BCUT2D eigenvalue weighted by molar-refractivity contribution is 5.57. The van der Waals surface area contributed by atoms with Gasteiger partial charge in [0.05, 0.1) is 12.2 Å². The lowest BCUT2D eigenvalue weighted by atomic mass is 9.98. The average Bonchev–Trinajstić information content (AvgIpc) is 3.33. The SMILES string of the molecule is [2H]C1([2H])c2ccccc2C2[C@H](C)N(c3ccccc3C)C(C3CCCC3)N21. The van der Waals surface area contributed by atoms with Crippen molar-refractivity contribution in [3.8, 4) is 0 Å². The monoisotopic (exact) mass is 334 g/mol. The largest absolute Gasteiger partial charge is 0.351 e. The molecule has 1 saturated carbocycles. The summed E-state index contributed by atoms with van der Waals surface area (Å²) >= 11 is 0. The molecule has 0 N–H and O–H groups in total. The van der Waals surface area contributed by atoms with Gasteiger partial charge in [-0.3, -0.25) is 4.90 Å². The van der Waals surface area contributed by atoms with Crippen LogP contribution in [0.25, 0.3) is 0 Å². The van der Waals surface area contributed by atoms with Gasteiger partial charge in [-0.1, -0.05) is 55.3 Å². The fraction of sp³-hybridized carbons (Fsp3) is 0.478. The molecule has 0 aromatic heterocycles. The van der Waals surface area contributed by atoms with E-state index < -0.39 is 6.50 Å². The molecule has 2 heterocycles. The van der Waals surface area contributed by atoms with Gasteiger partial charge in [0, 0.05) is 21.0 Å². The summed E-state index contributed by atoms with van der Waals surface area (Å²) in [6.07, 6.45) is 5.07. The number of nitrogens with zero attached hydrogens (tertiary/aromatic N) is 2. The summed E-state index contributed by atoms with van der Waals surface area (Å²) in [6, 6.07) is 17.1. The Kier molecular flexibility index (Phi) is 3.15. The Morgan fingerprint density at radius 2 is 1.72 bits per heavy atom. The van der Waals surface area contributed by atoms with Gasteiger partial charge in [0.15, 0.2) is 0 Å². The van der Waals surface area contributed by atoms with Crippen molar-refractivity contribution in [3.05, 3.63) is 65.2 Å². The van der Waals surface area contributed by atoms with Gasteiger partial charge in [0.2, 0.25) is 0 Å². The third-order valence-electron chi connectivity index (χ3n) is 6.51. The van der Waals surface area contributed by atoms with Crippen molar-refractivity contribution in [1.82, 2.24) is 4.90 Å². The molecule has 1 saturated heterocycles. The van der Waals surface area contributed by atoms with Crippen molar-refractivity contribution in [1.29, 1.82) is 0 Å². The zero-order valence-electron chi connectivity index (χ0n) is 17.2. The first-order chi connectivity index (χ1) is 13.0. The molecule has 3 atom stereocenters. The van der Waals surface area contributed by atoms with Crippen molar-refractivity contribution >= 4 is 5.69 Å². The number of fused-ring (bicyclic) bond motifs is 3. The predicted molar refractivity (Wildman–Crippen MR) is 104 cm³/mol. The van der Waals surface area contributed by atoms with Crippen LogP contribution in [-0.2, 0) is 6.50 Å². The van der Waals surface area contributed by atoms with Crippen LogP contribution in [0.4, 0.5) is 5.69 Å². The number of aryl methyl sites for hydroxylation is 1. The van der Waals surface area contributed by atoms with Crippen LogP contribution in [-0.4, -0.2) is 17.1 Å². The molecule has 2 fully saturated rings. The third kappa shape index (κ3) is 2.27. The fourth-order valence-corrected chi connectivity index (χ4v) is 5.39. The number of benzene rings is 2. The Labute approximate surface area is 154 Å². The second kappa shape index (κ2) is 5.88. The maximum absolute atomic E-state index is 9.05.